The molecule has 0 radical (unpaired) electrons. The van der Waals surface area contributed by atoms with E-state index < -0.39 is 12.2 Å². The number of aromatic nitrogens is 2. The third-order valence-electron chi connectivity index (χ3n) is 4.22. The van der Waals surface area contributed by atoms with E-state index in [-0.39, 0.29) is 0 Å². The molecule has 4 rings (SSSR count). The predicted molar refractivity (Wildman–Crippen MR) is 100 cm³/mol. The predicted octanol–water partition coefficient (Wildman–Crippen LogP) is 4.41. The zero-order valence-electron chi connectivity index (χ0n) is 13.9. The molecule has 0 spiro atoms. The van der Waals surface area contributed by atoms with Crippen LogP contribution < -0.4 is 5.73 Å². The van der Waals surface area contributed by atoms with Crippen molar-refractivity contribution in [3.05, 3.63) is 90.1 Å². The highest BCUT2D eigenvalue weighted by molar-refractivity contribution is 5.83. The molecule has 1 amide bonds. The molecule has 2 aromatic carbocycles. The molecule has 5 nitrogen and oxygen atoms in total. The Bertz CT molecular complexity index is 1040. The van der Waals surface area contributed by atoms with Crippen LogP contribution in [0.3, 0.4) is 0 Å². The van der Waals surface area contributed by atoms with Crippen molar-refractivity contribution in [3.63, 3.8) is 0 Å². The zero-order valence-corrected chi connectivity index (χ0v) is 13.9. The summed E-state index contributed by atoms with van der Waals surface area (Å²) in [5.41, 5.74) is 9.72. The maximum atomic E-state index is 11.4. The van der Waals surface area contributed by atoms with Crippen molar-refractivity contribution in [2.24, 2.45) is 5.73 Å². The van der Waals surface area contributed by atoms with Crippen LogP contribution in [0.15, 0.2) is 79.0 Å². The average molecular weight is 343 g/mol. The number of ether oxygens (including phenoxy) is 1. The molecule has 0 aliphatic carbocycles. The summed E-state index contributed by atoms with van der Waals surface area (Å²) in [4.78, 5) is 19.2. The summed E-state index contributed by atoms with van der Waals surface area (Å²) in [7, 11) is 0. The summed E-state index contributed by atoms with van der Waals surface area (Å²) >= 11 is 0. The van der Waals surface area contributed by atoms with E-state index in [1.54, 1.807) is 6.20 Å². The van der Waals surface area contributed by atoms with Gasteiger partial charge in [-0.2, -0.15) is 0 Å². The minimum absolute atomic E-state index is 0.597. The molecule has 0 saturated carbocycles. The van der Waals surface area contributed by atoms with E-state index in [9.17, 15) is 4.79 Å². The zero-order chi connectivity index (χ0) is 17.9. The minimum Gasteiger partial charge on any atom is -0.437 e. The number of primary amides is 1. The van der Waals surface area contributed by atoms with E-state index in [4.69, 9.17) is 10.5 Å². The van der Waals surface area contributed by atoms with E-state index in [0.29, 0.717) is 0 Å². The number of carbonyl (C=O) groups is 1. The number of benzene rings is 2. The minimum atomic E-state index is -0.821. The van der Waals surface area contributed by atoms with E-state index in [0.717, 1.165) is 33.4 Å². The summed E-state index contributed by atoms with van der Waals surface area (Å²) in [5, 5.41) is 0.940. The molecular formula is C21H17N3O2. The first-order valence-corrected chi connectivity index (χ1v) is 8.26. The maximum absolute atomic E-state index is 11.4. The Balaban J connectivity index is 1.76. The van der Waals surface area contributed by atoms with Gasteiger partial charge in [0.05, 0.1) is 0 Å². The van der Waals surface area contributed by atoms with Crippen molar-refractivity contribution >= 4 is 17.1 Å². The van der Waals surface area contributed by atoms with Gasteiger partial charge in [-0.3, -0.25) is 0 Å². The Kier molecular flexibility index (Phi) is 4.11. The first-order chi connectivity index (χ1) is 12.7. The van der Waals surface area contributed by atoms with Crippen LogP contribution in [0.4, 0.5) is 4.79 Å². The van der Waals surface area contributed by atoms with Crippen LogP contribution in [0.25, 0.3) is 22.3 Å². The summed E-state index contributed by atoms with van der Waals surface area (Å²) < 4.78 is 5.35. The summed E-state index contributed by atoms with van der Waals surface area (Å²) in [5.74, 6) is 0. The number of nitrogens with zero attached hydrogens (tertiary/aromatic N) is 1. The fraction of sp³-hybridized carbons (Fsp3) is 0.0476. The number of aromatic amines is 1. The molecule has 0 bridgehead atoms. The Hall–Kier alpha value is -3.60. The number of rotatable bonds is 4. The molecule has 26 heavy (non-hydrogen) atoms. The van der Waals surface area contributed by atoms with Crippen LogP contribution >= 0.6 is 0 Å². The number of nitrogens with two attached hydrogens (primary N) is 1. The first-order valence-electron chi connectivity index (χ1n) is 8.26. The van der Waals surface area contributed by atoms with Crippen molar-refractivity contribution in [1.82, 2.24) is 9.97 Å². The van der Waals surface area contributed by atoms with Crippen LogP contribution in [0.5, 0.6) is 0 Å². The van der Waals surface area contributed by atoms with Crippen molar-refractivity contribution in [1.29, 1.82) is 0 Å². The SMILES string of the molecule is NC(=O)OC(c1ccccc1)c1cnc2[nH]c(-c3ccccc3)cc2c1. The van der Waals surface area contributed by atoms with Gasteiger partial charge in [-0.1, -0.05) is 60.7 Å². The summed E-state index contributed by atoms with van der Waals surface area (Å²) in [6.45, 7) is 0. The van der Waals surface area contributed by atoms with Crippen LogP contribution in [0, 0.1) is 0 Å². The first kappa shape index (κ1) is 15.9. The van der Waals surface area contributed by atoms with E-state index in [2.05, 4.69) is 9.97 Å². The van der Waals surface area contributed by atoms with E-state index in [1.165, 1.54) is 0 Å². The number of hydrogen-bond donors (Lipinski definition) is 2. The number of nitrogens with one attached hydrogen (secondary N) is 1. The number of fused-ring (bicyclic) bond motifs is 1. The van der Waals surface area contributed by atoms with E-state index >= 15 is 0 Å². The average Bonchev–Trinajstić information content (AvgIpc) is 3.11. The van der Waals surface area contributed by atoms with Gasteiger partial charge in [-0.25, -0.2) is 9.78 Å². The van der Waals surface area contributed by atoms with Gasteiger partial charge in [-0.15, -0.1) is 0 Å². The molecular weight excluding hydrogens is 326 g/mol. The van der Waals surface area contributed by atoms with Gasteiger partial charge >= 0.3 is 6.09 Å². The molecule has 5 heteroatoms. The van der Waals surface area contributed by atoms with Crippen molar-refractivity contribution in [2.45, 2.75) is 6.10 Å². The Morgan fingerprint density at radius 1 is 0.962 bits per heavy atom. The molecule has 3 N–H and O–H groups in total. The van der Waals surface area contributed by atoms with Gasteiger partial charge in [0, 0.05) is 22.8 Å². The highest BCUT2D eigenvalue weighted by atomic mass is 16.6. The molecule has 2 aromatic heterocycles. The lowest BCUT2D eigenvalue weighted by atomic mass is 10.0. The lowest BCUT2D eigenvalue weighted by Crippen LogP contribution is -2.18. The van der Waals surface area contributed by atoms with Gasteiger partial charge in [-0.05, 0) is 23.3 Å². The molecule has 0 aliphatic rings. The van der Waals surface area contributed by atoms with Gasteiger partial charge < -0.3 is 15.5 Å². The fourth-order valence-electron chi connectivity index (χ4n) is 3.02. The van der Waals surface area contributed by atoms with Gasteiger partial charge in [0.2, 0.25) is 0 Å². The van der Waals surface area contributed by atoms with Crippen molar-refractivity contribution < 1.29 is 9.53 Å². The van der Waals surface area contributed by atoms with Crippen LogP contribution in [-0.2, 0) is 4.74 Å². The van der Waals surface area contributed by atoms with Crippen LogP contribution in [0.1, 0.15) is 17.2 Å². The molecule has 0 saturated heterocycles. The lowest BCUT2D eigenvalue weighted by Gasteiger charge is -2.17. The molecule has 0 fully saturated rings. The highest BCUT2D eigenvalue weighted by Gasteiger charge is 2.19. The third-order valence-corrected chi connectivity index (χ3v) is 4.22. The largest absolute Gasteiger partial charge is 0.437 e. The summed E-state index contributed by atoms with van der Waals surface area (Å²) in [6, 6.07) is 23.5. The molecule has 4 aromatic rings. The highest BCUT2D eigenvalue weighted by Crippen LogP contribution is 2.29. The van der Waals surface area contributed by atoms with Crippen molar-refractivity contribution in [2.75, 3.05) is 0 Å². The van der Waals surface area contributed by atoms with Crippen LogP contribution in [0.2, 0.25) is 0 Å². The monoisotopic (exact) mass is 343 g/mol. The Morgan fingerprint density at radius 3 is 2.35 bits per heavy atom. The molecule has 0 aliphatic heterocycles. The molecule has 128 valence electrons. The Morgan fingerprint density at radius 2 is 1.65 bits per heavy atom. The number of amides is 1. The van der Waals surface area contributed by atoms with Gasteiger partial charge in [0.15, 0.2) is 6.10 Å². The topological polar surface area (TPSA) is 81.0 Å². The lowest BCUT2D eigenvalue weighted by molar-refractivity contribution is 0.126. The fourth-order valence-corrected chi connectivity index (χ4v) is 3.02. The van der Waals surface area contributed by atoms with Crippen molar-refractivity contribution in [3.8, 4) is 11.3 Å². The molecule has 1 unspecified atom stereocenters. The van der Waals surface area contributed by atoms with E-state index in [1.807, 2.05) is 72.8 Å². The second-order valence-corrected chi connectivity index (χ2v) is 5.98. The maximum Gasteiger partial charge on any atom is 0.405 e. The van der Waals surface area contributed by atoms with Gasteiger partial charge in [0.25, 0.3) is 0 Å². The number of carbonyl (C=O) groups excluding carboxylic acids is 1. The molecule has 1 atom stereocenters. The third kappa shape index (κ3) is 3.15. The quantitative estimate of drug-likeness (QED) is 0.576. The second-order valence-electron chi connectivity index (χ2n) is 5.98. The second kappa shape index (κ2) is 6.72. The summed E-state index contributed by atoms with van der Waals surface area (Å²) in [6.07, 6.45) is 0.285. The smallest absolute Gasteiger partial charge is 0.405 e. The number of pyridine rings is 1. The molecule has 2 heterocycles. The standard InChI is InChI=1S/C21H17N3O2/c22-21(25)26-19(15-9-5-2-6-10-15)17-11-16-12-18(24-20(16)23-13-17)14-7-3-1-4-8-14/h1-13,19H,(H2,22,25)(H,23,24). The normalized spacial score (nSPS) is 12.0. The number of H-pyrrole nitrogens is 1. The van der Waals surface area contributed by atoms with Gasteiger partial charge in [0.1, 0.15) is 5.65 Å². The Labute approximate surface area is 150 Å². The number of hydrogen-bond acceptors (Lipinski definition) is 3. The van der Waals surface area contributed by atoms with Crippen LogP contribution in [-0.4, -0.2) is 16.1 Å².